The van der Waals surface area contributed by atoms with Gasteiger partial charge in [-0.25, -0.2) is 4.98 Å². The zero-order valence-corrected chi connectivity index (χ0v) is 17.7. The van der Waals surface area contributed by atoms with Crippen molar-refractivity contribution in [2.75, 3.05) is 25.5 Å². The summed E-state index contributed by atoms with van der Waals surface area (Å²) < 4.78 is 5.53. The first-order valence-corrected chi connectivity index (χ1v) is 10.5. The zero-order chi connectivity index (χ0) is 22.1. The predicted octanol–water partition coefficient (Wildman–Crippen LogP) is 3.55. The summed E-state index contributed by atoms with van der Waals surface area (Å²) in [6.07, 6.45) is 4.19. The third-order valence-corrected chi connectivity index (χ3v) is 5.66. The van der Waals surface area contributed by atoms with E-state index in [9.17, 15) is 4.79 Å². The minimum absolute atomic E-state index is 0.0385. The molecule has 5 rings (SSSR count). The monoisotopic (exact) mass is 428 g/mol. The SMILES string of the molecule is COc1cc(C(=O)N2CC[C@H](N)C2)ccc1Nc1cncc(-c2cc3ccccc3[nH]2)n1. The Labute approximate surface area is 185 Å². The molecule has 1 amide bonds. The van der Waals surface area contributed by atoms with Crippen LogP contribution in [0.5, 0.6) is 5.75 Å². The Kier molecular flexibility index (Phi) is 5.20. The van der Waals surface area contributed by atoms with Crippen LogP contribution in [0.1, 0.15) is 16.8 Å². The van der Waals surface area contributed by atoms with Crippen molar-refractivity contribution in [2.24, 2.45) is 5.73 Å². The van der Waals surface area contributed by atoms with Gasteiger partial charge in [-0.1, -0.05) is 18.2 Å². The smallest absolute Gasteiger partial charge is 0.254 e. The number of aromatic amines is 1. The second-order valence-electron chi connectivity index (χ2n) is 7.90. The fourth-order valence-corrected chi connectivity index (χ4v) is 3.99. The van der Waals surface area contributed by atoms with E-state index in [2.05, 4.69) is 26.3 Å². The Morgan fingerprint density at radius 2 is 2.09 bits per heavy atom. The van der Waals surface area contributed by atoms with Crippen molar-refractivity contribution in [1.29, 1.82) is 0 Å². The minimum Gasteiger partial charge on any atom is -0.495 e. The molecule has 4 N–H and O–H groups in total. The summed E-state index contributed by atoms with van der Waals surface area (Å²) >= 11 is 0. The van der Waals surface area contributed by atoms with Crippen LogP contribution in [0.2, 0.25) is 0 Å². The van der Waals surface area contributed by atoms with E-state index in [1.807, 2.05) is 30.3 Å². The number of nitrogens with one attached hydrogen (secondary N) is 2. The van der Waals surface area contributed by atoms with Gasteiger partial charge in [0.2, 0.25) is 0 Å². The lowest BCUT2D eigenvalue weighted by Gasteiger charge is -2.17. The van der Waals surface area contributed by atoms with Crippen LogP contribution in [0.3, 0.4) is 0 Å². The number of carbonyl (C=O) groups excluding carboxylic acids is 1. The molecule has 0 spiro atoms. The lowest BCUT2D eigenvalue weighted by molar-refractivity contribution is 0.0790. The number of hydrogen-bond donors (Lipinski definition) is 3. The summed E-state index contributed by atoms with van der Waals surface area (Å²) in [4.78, 5) is 26.9. The maximum absolute atomic E-state index is 12.8. The molecule has 1 fully saturated rings. The van der Waals surface area contributed by atoms with Gasteiger partial charge in [-0.05, 0) is 36.8 Å². The number of ether oxygens (including phenoxy) is 1. The molecule has 3 heterocycles. The van der Waals surface area contributed by atoms with Crippen molar-refractivity contribution in [1.82, 2.24) is 19.9 Å². The third-order valence-electron chi connectivity index (χ3n) is 5.66. The number of carbonyl (C=O) groups is 1. The highest BCUT2D eigenvalue weighted by Gasteiger charge is 2.25. The van der Waals surface area contributed by atoms with E-state index in [1.54, 1.807) is 36.5 Å². The quantitative estimate of drug-likeness (QED) is 0.449. The maximum atomic E-state index is 12.8. The van der Waals surface area contributed by atoms with E-state index < -0.39 is 0 Å². The number of benzene rings is 2. The predicted molar refractivity (Wildman–Crippen MR) is 124 cm³/mol. The van der Waals surface area contributed by atoms with Gasteiger partial charge in [0, 0.05) is 35.6 Å². The van der Waals surface area contributed by atoms with Crippen LogP contribution in [0.15, 0.2) is 60.9 Å². The molecule has 32 heavy (non-hydrogen) atoms. The van der Waals surface area contributed by atoms with Gasteiger partial charge in [0.1, 0.15) is 17.3 Å². The highest BCUT2D eigenvalue weighted by molar-refractivity contribution is 5.95. The van der Waals surface area contributed by atoms with Gasteiger partial charge >= 0.3 is 0 Å². The van der Waals surface area contributed by atoms with Crippen LogP contribution >= 0.6 is 0 Å². The number of likely N-dealkylation sites (tertiary alicyclic amines) is 1. The lowest BCUT2D eigenvalue weighted by atomic mass is 10.1. The normalized spacial score (nSPS) is 15.8. The largest absolute Gasteiger partial charge is 0.495 e. The first kappa shape index (κ1) is 20.0. The van der Waals surface area contributed by atoms with Crippen LogP contribution in [0.25, 0.3) is 22.3 Å². The van der Waals surface area contributed by atoms with Crippen molar-refractivity contribution in [3.63, 3.8) is 0 Å². The number of H-pyrrole nitrogens is 1. The van der Waals surface area contributed by atoms with Gasteiger partial charge in [-0.15, -0.1) is 0 Å². The van der Waals surface area contributed by atoms with E-state index in [0.29, 0.717) is 35.9 Å². The molecule has 1 aliphatic rings. The molecular formula is C24H24N6O2. The van der Waals surface area contributed by atoms with E-state index in [4.69, 9.17) is 10.5 Å². The van der Waals surface area contributed by atoms with Crippen LogP contribution in [-0.4, -0.2) is 52.0 Å². The number of nitrogens with two attached hydrogens (primary N) is 1. The van der Waals surface area contributed by atoms with Gasteiger partial charge in [0.15, 0.2) is 0 Å². The number of fused-ring (bicyclic) bond motifs is 1. The number of para-hydroxylation sites is 1. The molecule has 162 valence electrons. The van der Waals surface area contributed by atoms with Crippen molar-refractivity contribution in [3.8, 4) is 17.1 Å². The summed E-state index contributed by atoms with van der Waals surface area (Å²) in [5.74, 6) is 1.09. The molecule has 1 aliphatic heterocycles. The Morgan fingerprint density at radius 3 is 2.88 bits per heavy atom. The van der Waals surface area contributed by atoms with Crippen molar-refractivity contribution >= 4 is 28.3 Å². The van der Waals surface area contributed by atoms with Crippen LogP contribution in [-0.2, 0) is 0 Å². The Morgan fingerprint density at radius 1 is 1.22 bits per heavy atom. The molecule has 0 aliphatic carbocycles. The average molecular weight is 428 g/mol. The molecule has 2 aromatic carbocycles. The molecular weight excluding hydrogens is 404 g/mol. The second kappa shape index (κ2) is 8.32. The summed E-state index contributed by atoms with van der Waals surface area (Å²) in [6.45, 7) is 1.26. The lowest BCUT2D eigenvalue weighted by Crippen LogP contribution is -2.31. The van der Waals surface area contributed by atoms with Crippen LogP contribution in [0, 0.1) is 0 Å². The standard InChI is InChI=1S/C24H24N6O2/c1-32-22-11-16(24(31)30-9-8-17(25)14-30)6-7-19(22)28-23-13-26-12-21(29-23)20-10-15-4-2-3-5-18(15)27-20/h2-7,10-13,17,27H,8-9,14,25H2,1H3,(H,28,29)/t17-/m0/s1. The molecule has 0 unspecified atom stereocenters. The number of amides is 1. The van der Waals surface area contributed by atoms with Crippen molar-refractivity contribution in [3.05, 3.63) is 66.5 Å². The summed E-state index contributed by atoms with van der Waals surface area (Å²) in [7, 11) is 1.58. The molecule has 1 atom stereocenters. The zero-order valence-electron chi connectivity index (χ0n) is 17.7. The summed E-state index contributed by atoms with van der Waals surface area (Å²) in [5, 5.41) is 4.37. The highest BCUT2D eigenvalue weighted by Crippen LogP contribution is 2.30. The molecule has 0 bridgehead atoms. The van der Waals surface area contributed by atoms with E-state index in [0.717, 1.165) is 28.7 Å². The summed E-state index contributed by atoms with van der Waals surface area (Å²) in [6, 6.07) is 15.5. The molecule has 0 radical (unpaired) electrons. The fraction of sp³-hybridized carbons (Fsp3) is 0.208. The number of aromatic nitrogens is 3. The van der Waals surface area contributed by atoms with Crippen LogP contribution in [0.4, 0.5) is 11.5 Å². The number of rotatable bonds is 5. The molecule has 0 saturated carbocycles. The molecule has 2 aromatic heterocycles. The topological polar surface area (TPSA) is 109 Å². The average Bonchev–Trinajstić information content (AvgIpc) is 3.45. The second-order valence-corrected chi connectivity index (χ2v) is 7.90. The first-order chi connectivity index (χ1) is 15.6. The number of anilines is 2. The Hall–Kier alpha value is -3.91. The van der Waals surface area contributed by atoms with Gasteiger partial charge in [-0.2, -0.15) is 0 Å². The van der Waals surface area contributed by atoms with Crippen LogP contribution < -0.4 is 15.8 Å². The highest BCUT2D eigenvalue weighted by atomic mass is 16.5. The first-order valence-electron chi connectivity index (χ1n) is 10.5. The van der Waals surface area contributed by atoms with E-state index in [1.165, 1.54) is 0 Å². The number of methoxy groups -OCH3 is 1. The Balaban J connectivity index is 1.39. The maximum Gasteiger partial charge on any atom is 0.254 e. The molecule has 8 heteroatoms. The van der Waals surface area contributed by atoms with Gasteiger partial charge in [0.05, 0.1) is 30.9 Å². The van der Waals surface area contributed by atoms with Gasteiger partial charge < -0.3 is 25.7 Å². The summed E-state index contributed by atoms with van der Waals surface area (Å²) in [5.41, 5.74) is 9.87. The molecule has 8 nitrogen and oxygen atoms in total. The van der Waals surface area contributed by atoms with Gasteiger partial charge in [-0.3, -0.25) is 9.78 Å². The van der Waals surface area contributed by atoms with E-state index >= 15 is 0 Å². The molecule has 1 saturated heterocycles. The van der Waals surface area contributed by atoms with Gasteiger partial charge in [0.25, 0.3) is 5.91 Å². The number of hydrogen-bond acceptors (Lipinski definition) is 6. The fourth-order valence-electron chi connectivity index (χ4n) is 3.99. The molecule has 4 aromatic rings. The van der Waals surface area contributed by atoms with Crippen molar-refractivity contribution in [2.45, 2.75) is 12.5 Å². The minimum atomic E-state index is -0.0385. The third kappa shape index (κ3) is 3.88. The Bertz CT molecular complexity index is 1250. The number of nitrogens with zero attached hydrogens (tertiary/aromatic N) is 3. The van der Waals surface area contributed by atoms with E-state index in [-0.39, 0.29) is 11.9 Å². The van der Waals surface area contributed by atoms with Crippen molar-refractivity contribution < 1.29 is 9.53 Å².